The van der Waals surface area contributed by atoms with E-state index in [4.69, 9.17) is 28.4 Å². The summed E-state index contributed by atoms with van der Waals surface area (Å²) >= 11 is 0. The number of hydrogen-bond donors (Lipinski definition) is 1. The first kappa shape index (κ1) is 25.1. The van der Waals surface area contributed by atoms with E-state index in [-0.39, 0.29) is 13.2 Å². The van der Waals surface area contributed by atoms with Crippen LogP contribution in [-0.2, 0) is 47.6 Å². The van der Waals surface area contributed by atoms with E-state index in [2.05, 4.69) is 5.32 Å². The molecule has 5 atom stereocenters. The Labute approximate surface area is 173 Å². The van der Waals surface area contributed by atoms with Crippen LogP contribution in [0, 0.1) is 0 Å². The lowest BCUT2D eigenvalue weighted by Gasteiger charge is -2.44. The van der Waals surface area contributed by atoms with Gasteiger partial charge in [-0.3, -0.25) is 24.5 Å². The van der Waals surface area contributed by atoms with Crippen molar-refractivity contribution >= 4 is 30.0 Å². The van der Waals surface area contributed by atoms with E-state index in [1.165, 1.54) is 0 Å². The number of carbonyl (C=O) groups is 5. The van der Waals surface area contributed by atoms with Gasteiger partial charge in [0.15, 0.2) is 24.5 Å². The van der Waals surface area contributed by atoms with Crippen LogP contribution in [0.1, 0.15) is 41.0 Å². The summed E-state index contributed by atoms with van der Waals surface area (Å²) in [5, 5.41) is 2.37. The predicted molar refractivity (Wildman–Crippen MR) is 96.7 cm³/mol. The third kappa shape index (κ3) is 8.23. The summed E-state index contributed by atoms with van der Waals surface area (Å²) in [7, 11) is 0. The highest BCUT2D eigenvalue weighted by molar-refractivity contribution is 5.70. The fourth-order valence-electron chi connectivity index (χ4n) is 2.70. The molecule has 0 aromatic rings. The van der Waals surface area contributed by atoms with Crippen LogP contribution in [0.4, 0.5) is 4.79 Å². The van der Waals surface area contributed by atoms with Gasteiger partial charge in [0.05, 0.1) is 6.61 Å². The highest BCUT2D eigenvalue weighted by atomic mass is 16.7. The van der Waals surface area contributed by atoms with Crippen molar-refractivity contribution in [1.29, 1.82) is 0 Å². The third-order valence-corrected chi connectivity index (χ3v) is 3.69. The van der Waals surface area contributed by atoms with Crippen LogP contribution < -0.4 is 5.32 Å². The Balaban J connectivity index is 3.27. The molecule has 0 spiro atoms. The molecule has 1 N–H and O–H groups in total. The lowest BCUT2D eigenvalue weighted by molar-refractivity contribution is -0.256. The van der Waals surface area contributed by atoms with Crippen molar-refractivity contribution in [3.63, 3.8) is 0 Å². The average Bonchev–Trinajstić information content (AvgIpc) is 2.62. The Morgan fingerprint density at radius 2 is 1.30 bits per heavy atom. The zero-order valence-corrected chi connectivity index (χ0v) is 17.5. The molecule has 1 amide bonds. The van der Waals surface area contributed by atoms with Crippen molar-refractivity contribution in [1.82, 2.24) is 5.32 Å². The van der Waals surface area contributed by atoms with Gasteiger partial charge in [-0.2, -0.15) is 0 Å². The standard InChI is InChI=1S/C18H27NO11/c1-6-7-25-18(24)19-17-16(29-12(5)23)15(28-11(4)22)14(27-10(3)21)13(30-17)8-26-9(2)20/h13-17H,6-8H2,1-5H3,(H,19,24)/t13-,14+,15-,16-,17-/m1/s1. The number of ether oxygens (including phenoxy) is 6. The van der Waals surface area contributed by atoms with E-state index in [1.807, 2.05) is 0 Å². The Morgan fingerprint density at radius 3 is 1.80 bits per heavy atom. The Hall–Kier alpha value is -2.89. The second-order valence-corrected chi connectivity index (χ2v) is 6.40. The lowest BCUT2D eigenvalue weighted by atomic mass is 9.97. The SMILES string of the molecule is CCCOC(=O)N[C@@H]1O[C@H](COC(C)=O)[C@H](OC(C)=O)[C@@H](OC(C)=O)[C@H]1OC(C)=O. The quantitative estimate of drug-likeness (QED) is 0.413. The smallest absolute Gasteiger partial charge is 0.409 e. The molecule has 12 nitrogen and oxygen atoms in total. The summed E-state index contributed by atoms with van der Waals surface area (Å²) < 4.78 is 31.2. The van der Waals surface area contributed by atoms with E-state index in [0.717, 1.165) is 27.7 Å². The van der Waals surface area contributed by atoms with E-state index in [0.29, 0.717) is 6.42 Å². The van der Waals surface area contributed by atoms with Crippen LogP contribution in [0.5, 0.6) is 0 Å². The van der Waals surface area contributed by atoms with E-state index >= 15 is 0 Å². The molecule has 0 aromatic carbocycles. The van der Waals surface area contributed by atoms with Crippen LogP contribution in [0.2, 0.25) is 0 Å². The first-order valence-electron chi connectivity index (χ1n) is 9.28. The van der Waals surface area contributed by atoms with E-state index < -0.39 is 60.6 Å². The molecule has 0 radical (unpaired) electrons. The minimum absolute atomic E-state index is 0.122. The topological polar surface area (TPSA) is 153 Å². The normalized spacial score (nSPS) is 25.4. The van der Waals surface area contributed by atoms with Crippen LogP contribution in [0.15, 0.2) is 0 Å². The van der Waals surface area contributed by atoms with Gasteiger partial charge >= 0.3 is 30.0 Å². The first-order chi connectivity index (χ1) is 14.0. The van der Waals surface area contributed by atoms with Gasteiger partial charge in [-0.15, -0.1) is 0 Å². The first-order valence-corrected chi connectivity index (χ1v) is 9.28. The molecule has 1 rings (SSSR count). The van der Waals surface area contributed by atoms with Gasteiger partial charge in [-0.1, -0.05) is 6.92 Å². The van der Waals surface area contributed by atoms with E-state index in [1.54, 1.807) is 6.92 Å². The van der Waals surface area contributed by atoms with Crippen molar-refractivity contribution in [2.24, 2.45) is 0 Å². The van der Waals surface area contributed by atoms with Gasteiger partial charge in [0, 0.05) is 27.7 Å². The number of alkyl carbamates (subject to hydrolysis) is 1. The van der Waals surface area contributed by atoms with Crippen molar-refractivity contribution in [3.8, 4) is 0 Å². The molecule has 1 saturated heterocycles. The molecule has 0 unspecified atom stereocenters. The maximum atomic E-state index is 12.0. The van der Waals surface area contributed by atoms with Crippen LogP contribution in [-0.4, -0.2) is 73.8 Å². The fourth-order valence-corrected chi connectivity index (χ4v) is 2.70. The summed E-state index contributed by atoms with van der Waals surface area (Å²) in [4.78, 5) is 58.2. The monoisotopic (exact) mass is 433 g/mol. The maximum absolute atomic E-state index is 12.0. The lowest BCUT2D eigenvalue weighted by Crippen LogP contribution is -2.66. The zero-order chi connectivity index (χ0) is 22.8. The number of esters is 4. The molecule has 0 aliphatic carbocycles. The van der Waals surface area contributed by atoms with Crippen LogP contribution >= 0.6 is 0 Å². The van der Waals surface area contributed by atoms with Gasteiger partial charge in [0.25, 0.3) is 0 Å². The second kappa shape index (κ2) is 12.0. The Bertz CT molecular complexity index is 650. The highest BCUT2D eigenvalue weighted by Gasteiger charge is 2.52. The summed E-state index contributed by atoms with van der Waals surface area (Å²) in [6, 6.07) is 0. The molecule has 1 aliphatic rings. The molecule has 0 saturated carbocycles. The van der Waals surface area contributed by atoms with Crippen molar-refractivity contribution in [2.75, 3.05) is 13.2 Å². The van der Waals surface area contributed by atoms with Crippen LogP contribution in [0.25, 0.3) is 0 Å². The van der Waals surface area contributed by atoms with Crippen molar-refractivity contribution in [3.05, 3.63) is 0 Å². The number of carbonyl (C=O) groups excluding carboxylic acids is 5. The molecule has 170 valence electrons. The van der Waals surface area contributed by atoms with Crippen molar-refractivity contribution in [2.45, 2.75) is 71.7 Å². The molecule has 1 heterocycles. The third-order valence-electron chi connectivity index (χ3n) is 3.69. The number of nitrogens with one attached hydrogen (secondary N) is 1. The fraction of sp³-hybridized carbons (Fsp3) is 0.722. The largest absolute Gasteiger partial charge is 0.463 e. The Kier molecular flexibility index (Phi) is 10.0. The minimum atomic E-state index is -1.38. The number of rotatable bonds is 8. The summed E-state index contributed by atoms with van der Waals surface area (Å²) in [6.45, 7) is 6.00. The van der Waals surface area contributed by atoms with Crippen molar-refractivity contribution < 1.29 is 52.4 Å². The van der Waals surface area contributed by atoms with E-state index in [9.17, 15) is 24.0 Å². The molecule has 1 aliphatic heterocycles. The minimum Gasteiger partial charge on any atom is -0.463 e. The zero-order valence-electron chi connectivity index (χ0n) is 17.5. The van der Waals surface area contributed by atoms with Gasteiger partial charge in [-0.25, -0.2) is 4.79 Å². The molecule has 12 heteroatoms. The molecular formula is C18H27NO11. The molecule has 30 heavy (non-hydrogen) atoms. The van der Waals surface area contributed by atoms with Gasteiger partial charge in [0.2, 0.25) is 0 Å². The molecule has 0 bridgehead atoms. The summed E-state index contributed by atoms with van der Waals surface area (Å²) in [5.74, 6) is -2.92. The predicted octanol–water partition coefficient (Wildman–Crippen LogP) is 0.206. The summed E-state index contributed by atoms with van der Waals surface area (Å²) in [5.41, 5.74) is 0. The molecule has 0 aromatic heterocycles. The second-order valence-electron chi connectivity index (χ2n) is 6.40. The Morgan fingerprint density at radius 1 is 0.767 bits per heavy atom. The van der Waals surface area contributed by atoms with Gasteiger partial charge < -0.3 is 28.4 Å². The van der Waals surface area contributed by atoms with Crippen LogP contribution in [0.3, 0.4) is 0 Å². The molecule has 1 fully saturated rings. The number of amides is 1. The van der Waals surface area contributed by atoms with Gasteiger partial charge in [-0.05, 0) is 6.42 Å². The average molecular weight is 433 g/mol. The highest BCUT2D eigenvalue weighted by Crippen LogP contribution is 2.28. The molecular weight excluding hydrogens is 406 g/mol. The maximum Gasteiger partial charge on any atom is 0.409 e. The number of hydrogen-bond acceptors (Lipinski definition) is 11. The summed E-state index contributed by atoms with van der Waals surface area (Å²) in [6.07, 6.45) is -6.84. The van der Waals surface area contributed by atoms with Gasteiger partial charge in [0.1, 0.15) is 12.7 Å².